The Kier molecular flexibility index (Phi) is 9.53. The number of amidine groups is 1. The minimum Gasteiger partial charge on any atom is -0.0507 e. The van der Waals surface area contributed by atoms with Gasteiger partial charge in [0.25, 0.3) is 5.97 Å². The fraction of sp³-hybridized carbons (Fsp3) is 0.115. The Bertz CT molecular complexity index is 1200. The summed E-state index contributed by atoms with van der Waals surface area (Å²) in [5.41, 5.74) is 4.15. The molecular formula is C26H23N2NaO4S. The van der Waals surface area contributed by atoms with Crippen molar-refractivity contribution in [1.29, 1.82) is 0 Å². The van der Waals surface area contributed by atoms with E-state index in [-0.39, 0.29) is 5.91 Å². The number of hydrogen-bond acceptors (Lipinski definition) is 5. The van der Waals surface area contributed by atoms with E-state index in [4.69, 9.17) is 14.6 Å². The molecule has 1 aliphatic heterocycles. The van der Waals surface area contributed by atoms with Crippen LogP contribution in [0.3, 0.4) is 0 Å². The Labute approximate surface area is 220 Å². The third kappa shape index (κ3) is 7.88. The first kappa shape index (κ1) is 25.8. The monoisotopic (exact) mass is 482 g/mol. The van der Waals surface area contributed by atoms with Crippen molar-refractivity contribution in [1.82, 2.24) is 0 Å². The zero-order valence-electron chi connectivity index (χ0n) is 19.2. The van der Waals surface area contributed by atoms with Gasteiger partial charge in [0.05, 0.1) is 6.61 Å². The van der Waals surface area contributed by atoms with E-state index >= 15 is 0 Å². The van der Waals surface area contributed by atoms with Crippen LogP contribution < -0.4 is 12.9 Å². The predicted octanol–water partition coefficient (Wildman–Crippen LogP) is 4.72. The summed E-state index contributed by atoms with van der Waals surface area (Å²) < 4.78 is 6.82. The Morgan fingerprint density at radius 3 is 2.15 bits per heavy atom. The molecule has 4 rings (SSSR count). The molecule has 0 radical (unpaired) electrons. The van der Waals surface area contributed by atoms with Gasteiger partial charge in [-0.1, -0.05) is 12.1 Å². The number of carboxylic acids is 1. The quantitative estimate of drug-likeness (QED) is 0.404. The summed E-state index contributed by atoms with van der Waals surface area (Å²) in [6, 6.07) is 24.4. The van der Waals surface area contributed by atoms with E-state index in [1.54, 1.807) is 0 Å². The van der Waals surface area contributed by atoms with E-state index in [0.717, 1.165) is 63.0 Å². The molecule has 0 bridgehead atoms. The van der Waals surface area contributed by atoms with Gasteiger partial charge in [-0.25, -0.2) is 0 Å². The molecule has 0 fully saturated rings. The first-order valence-corrected chi connectivity index (χ1v) is 12.5. The first-order valence-electron chi connectivity index (χ1n) is 10.7. The van der Waals surface area contributed by atoms with Gasteiger partial charge in [0.1, 0.15) is 5.75 Å². The topological polar surface area (TPSA) is 88.0 Å². The van der Waals surface area contributed by atoms with E-state index < -0.39 is 5.97 Å². The molecule has 3 aromatic carbocycles. The molecule has 3 aromatic rings. The second-order valence-electron chi connectivity index (χ2n) is 7.42. The molecule has 34 heavy (non-hydrogen) atoms. The molecule has 6 nitrogen and oxygen atoms in total. The number of ether oxygens (including phenoxy) is 1. The number of anilines is 1. The minimum atomic E-state index is -0.833. The van der Waals surface area contributed by atoms with Crippen LogP contribution in [0, 0.1) is 0 Å². The molecule has 168 valence electrons. The number of thioether (sulfide) groups is 1. The average molecular weight is 483 g/mol. The second kappa shape index (κ2) is 12.6. The van der Waals surface area contributed by atoms with Crippen molar-refractivity contribution in [2.24, 2.45) is 4.99 Å². The molecule has 0 aromatic heterocycles. The van der Waals surface area contributed by atoms with Gasteiger partial charge in [-0.3, -0.25) is 4.79 Å². The van der Waals surface area contributed by atoms with Crippen molar-refractivity contribution >= 4 is 71.3 Å². The molecule has 0 saturated carbocycles. The van der Waals surface area contributed by atoms with Crippen molar-refractivity contribution in [3.63, 3.8) is 0 Å². The summed E-state index contributed by atoms with van der Waals surface area (Å²) in [6.07, 6.45) is 1.88. The van der Waals surface area contributed by atoms with Crippen LogP contribution in [0.5, 0.6) is 5.75 Å². The summed E-state index contributed by atoms with van der Waals surface area (Å²) >= 11 is 2.39. The fourth-order valence-electron chi connectivity index (χ4n) is 3.06. The van der Waals surface area contributed by atoms with Crippen LogP contribution in [-0.2, 0) is 9.59 Å². The third-order valence-corrected chi connectivity index (χ3v) is 6.20. The smallest absolute Gasteiger partial charge is 0.0507 e. The number of carboxylic acid groups (broad SMARTS) is 1. The van der Waals surface area contributed by atoms with E-state index in [1.807, 2.05) is 61.5 Å². The van der Waals surface area contributed by atoms with Crippen LogP contribution in [0.4, 0.5) is 5.69 Å². The van der Waals surface area contributed by atoms with Gasteiger partial charge in [-0.05, 0) is 30.2 Å². The predicted molar refractivity (Wildman–Crippen MR) is 140 cm³/mol. The molecular weight excluding hydrogens is 459 g/mol. The molecule has 8 heteroatoms. The fourth-order valence-corrected chi connectivity index (χ4v) is 4.22. The van der Waals surface area contributed by atoms with Crippen LogP contribution in [0.25, 0.3) is 17.2 Å². The molecule has 0 aliphatic carbocycles. The number of aliphatic imine (C=N–C) groups is 1. The maximum atomic E-state index is 12.3. The van der Waals surface area contributed by atoms with E-state index in [9.17, 15) is 4.79 Å². The van der Waals surface area contributed by atoms with Gasteiger partial charge >= 0.3 is 139 Å². The van der Waals surface area contributed by atoms with Gasteiger partial charge in [-0.15, -0.1) is 0 Å². The van der Waals surface area contributed by atoms with Crippen LogP contribution in [-0.4, -0.2) is 56.7 Å². The summed E-state index contributed by atoms with van der Waals surface area (Å²) in [4.78, 5) is 26.0. The third-order valence-electron chi connectivity index (χ3n) is 4.63. The number of aliphatic carboxylic acids is 1. The normalized spacial score (nSPS) is 13.7. The standard InChI is InChI=1S/C24H19N2O2S.C2H4O2.Na/c1-2-28-21-14-12-19(13-15-21)18-10-8-17(9-11-18)16-22-23(27)26-24(29-22)25-20-6-4-3-5-7-20;1-2(3)4;/h4-16H,2H2,1H3,(H,25,26,27);1H3,(H,3,4);/b22-16+;;. The number of rotatable bonds is 5. The van der Waals surface area contributed by atoms with Gasteiger partial charge in [-0.2, -0.15) is 0 Å². The zero-order chi connectivity index (χ0) is 24.5. The van der Waals surface area contributed by atoms with Crippen molar-refractivity contribution in [3.05, 3.63) is 83.3 Å². The molecule has 0 unspecified atom stereocenters. The number of hydrogen-bond donors (Lipinski definition) is 2. The van der Waals surface area contributed by atoms with Crippen LogP contribution in [0.15, 0.2) is 82.7 Å². The first-order chi connectivity index (χ1) is 16.3. The van der Waals surface area contributed by atoms with Gasteiger partial charge in [0.2, 0.25) is 0 Å². The van der Waals surface area contributed by atoms with Gasteiger partial charge in [0, 0.05) is 6.92 Å². The van der Waals surface area contributed by atoms with Crippen molar-refractivity contribution in [2.45, 2.75) is 13.8 Å². The number of nitrogens with zero attached hydrogens (tertiary/aromatic N) is 1. The minimum absolute atomic E-state index is 0.211. The molecule has 1 heterocycles. The van der Waals surface area contributed by atoms with Crippen LogP contribution >= 0.6 is 11.8 Å². The second-order valence-corrected chi connectivity index (χ2v) is 9.61. The summed E-state index contributed by atoms with van der Waals surface area (Å²) in [6.45, 7) is 3.72. The molecule has 0 saturated heterocycles. The van der Waals surface area contributed by atoms with Crippen molar-refractivity contribution < 1.29 is 19.4 Å². The molecule has 0 atom stereocenters. The molecule has 1 aliphatic rings. The van der Waals surface area contributed by atoms with E-state index in [0.29, 0.717) is 16.7 Å². The average Bonchev–Trinajstić information content (AvgIpc) is 3.15. The number of benzene rings is 3. The number of carbonyl (C=O) groups excluding carboxylic acids is 1. The molecule has 1 amide bonds. The zero-order valence-corrected chi connectivity index (χ0v) is 22.1. The Balaban J connectivity index is 0.000000751. The van der Waals surface area contributed by atoms with Crippen LogP contribution in [0.2, 0.25) is 0 Å². The maximum absolute atomic E-state index is 12.3. The van der Waals surface area contributed by atoms with E-state index in [1.165, 1.54) is 14.6 Å². The number of nitrogens with one attached hydrogen (secondary N) is 1. The Morgan fingerprint density at radius 2 is 1.59 bits per heavy atom. The molecule has 2 N–H and O–H groups in total. The van der Waals surface area contributed by atoms with Gasteiger partial charge in [0.15, 0.2) is 0 Å². The van der Waals surface area contributed by atoms with Gasteiger partial charge < -0.3 is 9.84 Å². The SMILES string of the molecule is CC(=O)O.CCOc1ccc(-c2ccc(/C=C3/SC(Nc4cc[c]([Na])cc4)=NC3=O)cc2)cc1. The van der Waals surface area contributed by atoms with Crippen molar-refractivity contribution in [2.75, 3.05) is 11.9 Å². The number of amides is 1. The van der Waals surface area contributed by atoms with Crippen LogP contribution in [0.1, 0.15) is 19.4 Å². The molecule has 0 spiro atoms. The Hall–Kier alpha value is -2.84. The number of carbonyl (C=O) groups is 2. The summed E-state index contributed by atoms with van der Waals surface area (Å²) in [7, 11) is 0. The summed E-state index contributed by atoms with van der Waals surface area (Å²) in [5.74, 6) is -0.172. The van der Waals surface area contributed by atoms with E-state index in [2.05, 4.69) is 34.6 Å². The summed E-state index contributed by atoms with van der Waals surface area (Å²) in [5, 5.41) is 11.2. The Morgan fingerprint density at radius 1 is 1.03 bits per heavy atom. The van der Waals surface area contributed by atoms with Crippen molar-refractivity contribution in [3.8, 4) is 16.9 Å².